The molecule has 1 aromatic rings. The smallest absolute Gasteiger partial charge is 0.316 e. The van der Waals surface area contributed by atoms with Crippen LogP contribution >= 0.6 is 0 Å². The molecule has 2 heterocycles. The fourth-order valence-electron chi connectivity index (χ4n) is 3.27. The van der Waals surface area contributed by atoms with Crippen LogP contribution in [0, 0.1) is 11.3 Å². The van der Waals surface area contributed by atoms with E-state index in [1.54, 1.807) is 0 Å². The molecule has 1 saturated carbocycles. The van der Waals surface area contributed by atoms with Crippen LogP contribution in [0.4, 0.5) is 13.2 Å². The molecule has 0 aromatic carbocycles. The fraction of sp³-hybridized carbons (Fsp3) is 0.750. The van der Waals surface area contributed by atoms with Crippen molar-refractivity contribution in [1.29, 1.82) is 0 Å². The molecule has 3 nitrogen and oxygen atoms in total. The van der Waals surface area contributed by atoms with Gasteiger partial charge in [0.25, 0.3) is 0 Å². The number of halogens is 3. The maximum atomic E-state index is 12.8. The number of aromatic nitrogens is 2. The van der Waals surface area contributed by atoms with Crippen molar-refractivity contribution in [2.45, 2.75) is 25.4 Å². The van der Waals surface area contributed by atoms with E-state index in [1.165, 1.54) is 11.7 Å². The molecule has 0 unspecified atom stereocenters. The summed E-state index contributed by atoms with van der Waals surface area (Å²) in [5.74, 6) is 0.364. The summed E-state index contributed by atoms with van der Waals surface area (Å²) < 4.78 is 39.7. The Morgan fingerprint density at radius 2 is 2.11 bits per heavy atom. The highest BCUT2D eigenvalue weighted by atomic mass is 19.4. The van der Waals surface area contributed by atoms with Crippen molar-refractivity contribution in [2.24, 2.45) is 18.4 Å². The topological polar surface area (TPSA) is 29.9 Å². The van der Waals surface area contributed by atoms with Crippen LogP contribution in [-0.4, -0.2) is 22.9 Å². The van der Waals surface area contributed by atoms with Gasteiger partial charge in [0.2, 0.25) is 0 Å². The zero-order valence-electron chi connectivity index (χ0n) is 10.2. The highest BCUT2D eigenvalue weighted by Crippen LogP contribution is 2.50. The normalized spacial score (nSPS) is 22.9. The molecule has 0 radical (unpaired) electrons. The lowest BCUT2D eigenvalue weighted by molar-refractivity contribution is -0.138. The Hall–Kier alpha value is -1.04. The van der Waals surface area contributed by atoms with Crippen LogP contribution in [0.3, 0.4) is 0 Å². The molecule has 1 N–H and O–H groups in total. The van der Waals surface area contributed by atoms with Crippen LogP contribution in [-0.2, 0) is 19.6 Å². The fourth-order valence-corrected chi connectivity index (χ4v) is 3.27. The Labute approximate surface area is 103 Å². The number of hydrogen-bond donors (Lipinski definition) is 1. The molecule has 1 aliphatic carbocycles. The summed E-state index contributed by atoms with van der Waals surface area (Å²) >= 11 is 0. The number of nitrogens with one attached hydrogen (secondary N) is 1. The van der Waals surface area contributed by atoms with E-state index in [4.69, 9.17) is 0 Å². The van der Waals surface area contributed by atoms with Crippen molar-refractivity contribution in [3.63, 3.8) is 0 Å². The lowest BCUT2D eigenvalue weighted by atomic mass is 9.57. The van der Waals surface area contributed by atoms with Gasteiger partial charge in [0.05, 0.1) is 11.3 Å². The highest BCUT2D eigenvalue weighted by molar-refractivity contribution is 5.22. The molecule has 1 saturated heterocycles. The minimum Gasteiger partial charge on any atom is -0.316 e. The molecular weight excluding hydrogens is 243 g/mol. The maximum absolute atomic E-state index is 12.8. The van der Waals surface area contributed by atoms with Crippen LogP contribution in [0.5, 0.6) is 0 Å². The number of alkyl halides is 3. The number of rotatable bonds is 2. The van der Waals surface area contributed by atoms with Crippen molar-refractivity contribution >= 4 is 0 Å². The van der Waals surface area contributed by atoms with E-state index < -0.39 is 11.7 Å². The van der Waals surface area contributed by atoms with Gasteiger partial charge in [-0.2, -0.15) is 18.3 Å². The standard InChI is InChI=1S/C12H16F3N3/c1-18-5-9(12(13,14)15)10(17-18)2-8-3-11(4-8)6-16-7-11/h5,8,16H,2-4,6-7H2,1H3. The van der Waals surface area contributed by atoms with Gasteiger partial charge in [0.15, 0.2) is 0 Å². The van der Waals surface area contributed by atoms with Gasteiger partial charge in [-0.1, -0.05) is 0 Å². The molecule has 2 aliphatic rings. The maximum Gasteiger partial charge on any atom is 0.419 e. The van der Waals surface area contributed by atoms with Gasteiger partial charge in [-0.25, -0.2) is 0 Å². The summed E-state index contributed by atoms with van der Waals surface area (Å²) in [6.45, 7) is 2.05. The summed E-state index contributed by atoms with van der Waals surface area (Å²) in [6.07, 6.45) is -0.684. The summed E-state index contributed by atoms with van der Waals surface area (Å²) in [5.41, 5.74) is 0.0347. The van der Waals surface area contributed by atoms with E-state index in [-0.39, 0.29) is 5.69 Å². The SMILES string of the molecule is Cn1cc(C(F)(F)F)c(CC2CC3(CNC3)C2)n1. The summed E-state index contributed by atoms with van der Waals surface area (Å²) in [6, 6.07) is 0. The van der Waals surface area contributed by atoms with Crippen LogP contribution < -0.4 is 5.32 Å². The van der Waals surface area contributed by atoms with Gasteiger partial charge in [-0.3, -0.25) is 4.68 Å². The minimum atomic E-state index is -4.29. The van der Waals surface area contributed by atoms with Crippen molar-refractivity contribution in [1.82, 2.24) is 15.1 Å². The van der Waals surface area contributed by atoms with Gasteiger partial charge >= 0.3 is 6.18 Å². The Morgan fingerprint density at radius 3 is 2.61 bits per heavy atom. The van der Waals surface area contributed by atoms with E-state index in [0.29, 0.717) is 17.8 Å². The molecule has 18 heavy (non-hydrogen) atoms. The third kappa shape index (κ3) is 1.92. The van der Waals surface area contributed by atoms with Crippen LogP contribution in [0.15, 0.2) is 6.20 Å². The Balaban J connectivity index is 1.69. The van der Waals surface area contributed by atoms with Crippen LogP contribution in [0.25, 0.3) is 0 Å². The number of hydrogen-bond acceptors (Lipinski definition) is 2. The van der Waals surface area contributed by atoms with Gasteiger partial charge in [0, 0.05) is 26.3 Å². The van der Waals surface area contributed by atoms with Gasteiger partial charge in [0.1, 0.15) is 0 Å². The zero-order valence-corrected chi connectivity index (χ0v) is 10.2. The Bertz CT molecular complexity index is 452. The molecular formula is C12H16F3N3. The van der Waals surface area contributed by atoms with E-state index >= 15 is 0 Å². The predicted octanol–water partition coefficient (Wildman–Crippen LogP) is 1.98. The average Bonchev–Trinajstić information content (AvgIpc) is 2.48. The lowest BCUT2D eigenvalue weighted by Crippen LogP contribution is -2.60. The van der Waals surface area contributed by atoms with Crippen LogP contribution in [0.2, 0.25) is 0 Å². The molecule has 3 rings (SSSR count). The summed E-state index contributed by atoms with van der Waals surface area (Å²) in [5, 5.41) is 7.20. The second-order valence-corrected chi connectivity index (χ2v) is 5.74. The Morgan fingerprint density at radius 1 is 1.44 bits per heavy atom. The third-order valence-electron chi connectivity index (χ3n) is 4.14. The Kier molecular flexibility index (Phi) is 2.49. The zero-order chi connectivity index (χ0) is 13.0. The van der Waals surface area contributed by atoms with E-state index in [2.05, 4.69) is 10.4 Å². The second kappa shape index (κ2) is 3.73. The molecule has 1 aliphatic heterocycles. The summed E-state index contributed by atoms with van der Waals surface area (Å²) in [4.78, 5) is 0. The monoisotopic (exact) mass is 259 g/mol. The molecule has 0 amide bonds. The largest absolute Gasteiger partial charge is 0.419 e. The number of aryl methyl sites for hydroxylation is 1. The molecule has 1 aromatic heterocycles. The summed E-state index contributed by atoms with van der Waals surface area (Å²) in [7, 11) is 1.54. The van der Waals surface area contributed by atoms with Crippen LogP contribution in [0.1, 0.15) is 24.1 Å². The highest BCUT2D eigenvalue weighted by Gasteiger charge is 2.48. The molecule has 1 spiro atoms. The van der Waals surface area contributed by atoms with Gasteiger partial charge < -0.3 is 5.32 Å². The molecule has 0 bridgehead atoms. The lowest BCUT2D eigenvalue weighted by Gasteiger charge is -2.54. The second-order valence-electron chi connectivity index (χ2n) is 5.74. The first-order chi connectivity index (χ1) is 8.38. The van der Waals surface area contributed by atoms with E-state index in [0.717, 1.165) is 32.1 Å². The van der Waals surface area contributed by atoms with Crippen molar-refractivity contribution in [2.75, 3.05) is 13.1 Å². The quantitative estimate of drug-likeness (QED) is 0.880. The molecule has 2 fully saturated rings. The van der Waals surface area contributed by atoms with E-state index in [1.807, 2.05) is 0 Å². The van der Waals surface area contributed by atoms with Crippen molar-refractivity contribution in [3.8, 4) is 0 Å². The molecule has 6 heteroatoms. The van der Waals surface area contributed by atoms with Crippen molar-refractivity contribution < 1.29 is 13.2 Å². The molecule has 0 atom stereocenters. The first-order valence-electron chi connectivity index (χ1n) is 6.18. The molecule has 100 valence electrons. The first-order valence-corrected chi connectivity index (χ1v) is 6.18. The minimum absolute atomic E-state index is 0.206. The predicted molar refractivity (Wildman–Crippen MR) is 59.9 cm³/mol. The number of nitrogens with zero attached hydrogens (tertiary/aromatic N) is 2. The van der Waals surface area contributed by atoms with E-state index in [9.17, 15) is 13.2 Å². The third-order valence-corrected chi connectivity index (χ3v) is 4.14. The first kappa shape index (κ1) is 12.0. The van der Waals surface area contributed by atoms with Gasteiger partial charge in [-0.15, -0.1) is 0 Å². The van der Waals surface area contributed by atoms with Crippen molar-refractivity contribution in [3.05, 3.63) is 17.5 Å². The average molecular weight is 259 g/mol. The van der Waals surface area contributed by atoms with Gasteiger partial charge in [-0.05, 0) is 30.6 Å².